The van der Waals surface area contributed by atoms with Crippen LogP contribution in [0.2, 0.25) is 0 Å². The van der Waals surface area contributed by atoms with Gasteiger partial charge in [-0.15, -0.1) is 0 Å². The van der Waals surface area contributed by atoms with Gasteiger partial charge in [0, 0.05) is 13.3 Å². The Morgan fingerprint density at radius 3 is 2.85 bits per heavy atom. The van der Waals surface area contributed by atoms with E-state index in [2.05, 4.69) is 22.5 Å². The summed E-state index contributed by atoms with van der Waals surface area (Å²) in [6.07, 6.45) is 4.55. The van der Waals surface area contributed by atoms with E-state index < -0.39 is 0 Å². The predicted molar refractivity (Wildman–Crippen MR) is 78.7 cm³/mol. The number of nitrogens with one attached hydrogen (secondary N) is 1. The second kappa shape index (κ2) is 7.67. The number of anilines is 1. The van der Waals surface area contributed by atoms with Crippen molar-refractivity contribution < 1.29 is 9.84 Å². The van der Waals surface area contributed by atoms with Gasteiger partial charge < -0.3 is 15.2 Å². The van der Waals surface area contributed by atoms with Gasteiger partial charge >= 0.3 is 0 Å². The molecule has 0 aliphatic carbocycles. The number of nitrogens with zero attached hydrogens (tertiary/aromatic N) is 2. The van der Waals surface area contributed by atoms with Crippen molar-refractivity contribution in [3.05, 3.63) is 48.3 Å². The molecule has 0 radical (unpaired) electrons. The van der Waals surface area contributed by atoms with Crippen LogP contribution in [0, 0.1) is 0 Å². The summed E-state index contributed by atoms with van der Waals surface area (Å²) >= 11 is 0. The number of aromatic nitrogens is 2. The topological polar surface area (TPSA) is 59.3 Å². The SMILES string of the molecule is COCC(Cc1ccccc1)Nc1cnn(CCO)c1. The van der Waals surface area contributed by atoms with Crippen LogP contribution in [-0.2, 0) is 17.7 Å². The molecule has 2 N–H and O–H groups in total. The van der Waals surface area contributed by atoms with Gasteiger partial charge in [-0.05, 0) is 12.0 Å². The van der Waals surface area contributed by atoms with Gasteiger partial charge in [0.1, 0.15) is 0 Å². The normalized spacial score (nSPS) is 12.3. The summed E-state index contributed by atoms with van der Waals surface area (Å²) in [6.45, 7) is 1.22. The lowest BCUT2D eigenvalue weighted by atomic mass is 10.1. The molecule has 2 aromatic rings. The van der Waals surface area contributed by atoms with Crippen LogP contribution in [0.25, 0.3) is 0 Å². The lowest BCUT2D eigenvalue weighted by Gasteiger charge is -2.18. The van der Waals surface area contributed by atoms with Crippen LogP contribution < -0.4 is 5.32 Å². The Hall–Kier alpha value is -1.85. The lowest BCUT2D eigenvalue weighted by Crippen LogP contribution is -2.27. The number of ether oxygens (including phenoxy) is 1. The van der Waals surface area contributed by atoms with Crippen molar-refractivity contribution in [2.75, 3.05) is 25.6 Å². The van der Waals surface area contributed by atoms with Crippen LogP contribution in [-0.4, -0.2) is 41.3 Å². The zero-order chi connectivity index (χ0) is 14.2. The Balaban J connectivity index is 1.97. The largest absolute Gasteiger partial charge is 0.394 e. The Morgan fingerprint density at radius 1 is 1.35 bits per heavy atom. The van der Waals surface area contributed by atoms with Crippen LogP contribution in [0.4, 0.5) is 5.69 Å². The number of hydrogen-bond acceptors (Lipinski definition) is 4. The molecule has 0 fully saturated rings. The van der Waals surface area contributed by atoms with Crippen molar-refractivity contribution >= 4 is 5.69 Å². The molecule has 5 heteroatoms. The van der Waals surface area contributed by atoms with Crippen molar-refractivity contribution in [3.8, 4) is 0 Å². The second-order valence-electron chi connectivity index (χ2n) is 4.70. The summed E-state index contributed by atoms with van der Waals surface area (Å²) in [5.41, 5.74) is 2.21. The van der Waals surface area contributed by atoms with Gasteiger partial charge in [-0.3, -0.25) is 4.68 Å². The third-order valence-corrected chi connectivity index (χ3v) is 3.03. The molecule has 0 aliphatic heterocycles. The molecule has 0 saturated carbocycles. The van der Waals surface area contributed by atoms with Gasteiger partial charge in [0.15, 0.2) is 0 Å². The minimum atomic E-state index is 0.0899. The van der Waals surface area contributed by atoms with E-state index in [0.717, 1.165) is 12.1 Å². The molecule has 0 bridgehead atoms. The molecule has 1 atom stereocenters. The third kappa shape index (κ3) is 4.36. The molecular formula is C15H21N3O2. The third-order valence-electron chi connectivity index (χ3n) is 3.03. The number of methoxy groups -OCH3 is 1. The molecule has 1 unspecified atom stereocenters. The van der Waals surface area contributed by atoms with Crippen LogP contribution >= 0.6 is 0 Å². The fraction of sp³-hybridized carbons (Fsp3) is 0.400. The highest BCUT2D eigenvalue weighted by Gasteiger charge is 2.10. The van der Waals surface area contributed by atoms with Crippen molar-refractivity contribution in [1.82, 2.24) is 9.78 Å². The minimum Gasteiger partial charge on any atom is -0.394 e. The maximum absolute atomic E-state index is 8.89. The van der Waals surface area contributed by atoms with Gasteiger partial charge in [0.05, 0.1) is 37.7 Å². The Labute approximate surface area is 119 Å². The minimum absolute atomic E-state index is 0.0899. The van der Waals surface area contributed by atoms with Gasteiger partial charge in [-0.25, -0.2) is 0 Å². The van der Waals surface area contributed by atoms with Crippen LogP contribution in [0.15, 0.2) is 42.7 Å². The summed E-state index contributed by atoms with van der Waals surface area (Å²) < 4.78 is 6.99. The molecule has 1 heterocycles. The first kappa shape index (κ1) is 14.6. The molecule has 1 aromatic heterocycles. The van der Waals surface area contributed by atoms with Crippen LogP contribution in [0.1, 0.15) is 5.56 Å². The summed E-state index contributed by atoms with van der Waals surface area (Å²) in [6, 6.07) is 10.5. The van der Waals surface area contributed by atoms with Crippen LogP contribution in [0.5, 0.6) is 0 Å². The molecule has 1 aromatic carbocycles. The molecule has 2 rings (SSSR count). The van der Waals surface area contributed by atoms with Crippen molar-refractivity contribution in [1.29, 1.82) is 0 Å². The van der Waals surface area contributed by atoms with E-state index in [1.165, 1.54) is 5.56 Å². The average Bonchev–Trinajstić information content (AvgIpc) is 2.88. The smallest absolute Gasteiger partial charge is 0.0729 e. The van der Waals surface area contributed by atoms with E-state index in [1.54, 1.807) is 18.0 Å². The lowest BCUT2D eigenvalue weighted by molar-refractivity contribution is 0.185. The van der Waals surface area contributed by atoms with Crippen LogP contribution in [0.3, 0.4) is 0 Å². The molecular weight excluding hydrogens is 254 g/mol. The fourth-order valence-electron chi connectivity index (χ4n) is 2.15. The first-order valence-corrected chi connectivity index (χ1v) is 6.74. The van der Waals surface area contributed by atoms with Crippen molar-refractivity contribution in [3.63, 3.8) is 0 Å². The average molecular weight is 275 g/mol. The van der Waals surface area contributed by atoms with E-state index in [9.17, 15) is 0 Å². The number of aliphatic hydroxyl groups excluding tert-OH is 1. The summed E-state index contributed by atoms with van der Waals surface area (Å²) in [5, 5.41) is 16.5. The molecule has 108 valence electrons. The Kier molecular flexibility index (Phi) is 5.58. The van der Waals surface area contributed by atoms with E-state index in [1.807, 2.05) is 24.4 Å². The highest BCUT2D eigenvalue weighted by molar-refractivity contribution is 5.40. The summed E-state index contributed by atoms with van der Waals surface area (Å²) in [4.78, 5) is 0. The summed E-state index contributed by atoms with van der Waals surface area (Å²) in [5.74, 6) is 0. The number of aliphatic hydroxyl groups is 1. The highest BCUT2D eigenvalue weighted by atomic mass is 16.5. The van der Waals surface area contributed by atoms with Gasteiger partial charge in [-0.2, -0.15) is 5.10 Å². The first-order chi connectivity index (χ1) is 9.81. The maximum Gasteiger partial charge on any atom is 0.0729 e. The Morgan fingerprint density at radius 2 is 2.15 bits per heavy atom. The maximum atomic E-state index is 8.89. The predicted octanol–water partition coefficient (Wildman–Crippen LogP) is 1.54. The first-order valence-electron chi connectivity index (χ1n) is 6.74. The molecule has 0 amide bonds. The Bertz CT molecular complexity index is 499. The van der Waals surface area contributed by atoms with E-state index in [-0.39, 0.29) is 12.6 Å². The van der Waals surface area contributed by atoms with Gasteiger partial charge in [0.2, 0.25) is 0 Å². The van der Waals surface area contributed by atoms with Crippen molar-refractivity contribution in [2.24, 2.45) is 0 Å². The van der Waals surface area contributed by atoms with Crippen molar-refractivity contribution in [2.45, 2.75) is 19.0 Å². The monoisotopic (exact) mass is 275 g/mol. The quantitative estimate of drug-likeness (QED) is 0.767. The molecule has 5 nitrogen and oxygen atoms in total. The van der Waals surface area contributed by atoms with E-state index in [4.69, 9.17) is 9.84 Å². The fourth-order valence-corrected chi connectivity index (χ4v) is 2.15. The van der Waals surface area contributed by atoms with Gasteiger partial charge in [-0.1, -0.05) is 30.3 Å². The zero-order valence-electron chi connectivity index (χ0n) is 11.7. The highest BCUT2D eigenvalue weighted by Crippen LogP contribution is 2.11. The summed E-state index contributed by atoms with van der Waals surface area (Å²) in [7, 11) is 1.70. The standard InChI is InChI=1S/C15H21N3O2/c1-20-12-14(9-13-5-3-2-4-6-13)17-15-10-16-18(11-15)7-8-19/h2-6,10-11,14,17,19H,7-9,12H2,1H3. The second-order valence-corrected chi connectivity index (χ2v) is 4.70. The number of rotatable bonds is 8. The molecule has 0 aliphatic rings. The van der Waals surface area contributed by atoms with E-state index >= 15 is 0 Å². The van der Waals surface area contributed by atoms with E-state index in [0.29, 0.717) is 13.2 Å². The van der Waals surface area contributed by atoms with Gasteiger partial charge in [0.25, 0.3) is 0 Å². The molecule has 0 saturated heterocycles. The zero-order valence-corrected chi connectivity index (χ0v) is 11.7. The molecule has 0 spiro atoms. The number of benzene rings is 1. The molecule has 20 heavy (non-hydrogen) atoms. The number of hydrogen-bond donors (Lipinski definition) is 2.